The van der Waals surface area contributed by atoms with Gasteiger partial charge in [0.05, 0.1) is 70.4 Å². The zero-order valence-corrected chi connectivity index (χ0v) is 58.4. The average molecular weight is 1390 g/mol. The third-order valence-corrected chi connectivity index (χ3v) is 19.5. The predicted molar refractivity (Wildman–Crippen MR) is 396 cm³/mol. The van der Waals surface area contributed by atoms with Crippen LogP contribution >= 0.6 is 0 Å². The Morgan fingerprint density at radius 2 is 0.800 bits per heavy atom. The summed E-state index contributed by atoms with van der Waals surface area (Å²) in [5.74, 6) is 7.93. The fourth-order valence-corrected chi connectivity index (χ4v) is 13.7. The number of nitriles is 3. The average Bonchev–Trinajstić information content (AvgIpc) is 1.67. The highest BCUT2D eigenvalue weighted by Gasteiger charge is 2.34. The minimum atomic E-state index is -0.361. The van der Waals surface area contributed by atoms with Gasteiger partial charge in [-0.05, 0) is 138 Å². The number of piperidine rings is 2. The van der Waals surface area contributed by atoms with Crippen molar-refractivity contribution < 1.29 is 14.4 Å². The Bertz CT molecular complexity index is 5530. The van der Waals surface area contributed by atoms with Crippen LogP contribution < -0.4 is 21.3 Å². The molecule has 14 heterocycles. The standard InChI is InChI=1S/C27H26N8O.C26H24N8O.C25H22N8O/c1-4-25(36)33-27(2)9-7-22(8-10-27)32-24-6-5-18(13-29-24)23-11-19(21-15-30-34(3)16-21)17-35-26(23)20(12-28)14-31-35;1-4-24(35)33-9-7-26(2,8-10-33)31-23-6-5-18(13-28-23)22-11-19(21-15-29-32(3)16-21)17-34-25(22)20(12-27)14-30-34;1-3-24(34)32-8-6-21(7-9-32)30-23-5-4-17(12-27-23)22-10-18(20-14-28-31(2)15-20)16-33-25(22)19(11-26)13-29-33/h1,5-6,11,13-17,22H,7-10H2,2-3H3,(H,29,32)(H,33,36);1,5-6,11,13-17H,7-10H2,2-3H3,(H,28,31);1,4-5,10,12-16,21H,6-9H2,2H3,(H,27,30). The van der Waals surface area contributed by atoms with E-state index in [4.69, 9.17) is 19.3 Å². The van der Waals surface area contributed by atoms with Crippen LogP contribution in [0.2, 0.25) is 0 Å². The van der Waals surface area contributed by atoms with Gasteiger partial charge in [-0.25, -0.2) is 28.5 Å². The fraction of sp³-hybridized carbons (Fsp3) is 0.269. The number of carbonyl (C=O) groups is 3. The van der Waals surface area contributed by atoms with Crippen molar-refractivity contribution >= 4 is 51.7 Å². The number of carbonyl (C=O) groups excluding carboxylic acids is 3. The van der Waals surface area contributed by atoms with E-state index in [1.54, 1.807) is 87.0 Å². The van der Waals surface area contributed by atoms with E-state index in [1.807, 2.05) is 126 Å². The van der Waals surface area contributed by atoms with E-state index < -0.39 is 0 Å². The van der Waals surface area contributed by atoms with E-state index in [9.17, 15) is 30.2 Å². The summed E-state index contributed by atoms with van der Waals surface area (Å²) in [6, 6.07) is 25.1. The molecule has 0 atom stereocenters. The third-order valence-electron chi connectivity index (χ3n) is 19.5. The quantitative estimate of drug-likeness (QED) is 0.0781. The van der Waals surface area contributed by atoms with Crippen LogP contribution in [0.4, 0.5) is 17.5 Å². The Balaban J connectivity index is 0.000000140. The van der Waals surface area contributed by atoms with Crippen LogP contribution in [0.15, 0.2) is 148 Å². The van der Waals surface area contributed by atoms with Crippen LogP contribution in [0.3, 0.4) is 0 Å². The number of fused-ring (bicyclic) bond motifs is 3. The monoisotopic (exact) mass is 1390 g/mol. The van der Waals surface area contributed by atoms with E-state index in [0.717, 1.165) is 152 Å². The zero-order valence-electron chi connectivity index (χ0n) is 58.4. The van der Waals surface area contributed by atoms with Crippen LogP contribution in [-0.4, -0.2) is 150 Å². The molecule has 105 heavy (non-hydrogen) atoms. The number of pyridine rings is 6. The molecule has 12 aromatic rings. The number of hydrogen-bond acceptors (Lipinski definition) is 18. The number of terminal acetylenes is 3. The normalized spacial score (nSPS) is 16.2. The summed E-state index contributed by atoms with van der Waals surface area (Å²) < 4.78 is 10.4. The van der Waals surface area contributed by atoms with Crippen molar-refractivity contribution in [2.75, 3.05) is 42.1 Å². The van der Waals surface area contributed by atoms with Crippen LogP contribution in [0, 0.1) is 71.0 Å². The summed E-state index contributed by atoms with van der Waals surface area (Å²) in [7, 11) is 5.62. The van der Waals surface area contributed by atoms with Gasteiger partial charge in [-0.3, -0.25) is 28.4 Å². The second kappa shape index (κ2) is 29.7. The Morgan fingerprint density at radius 1 is 0.429 bits per heavy atom. The number of nitrogens with one attached hydrogen (secondary N) is 4. The fourth-order valence-electron chi connectivity index (χ4n) is 13.7. The zero-order chi connectivity index (χ0) is 73.5. The molecule has 0 aromatic carbocycles. The maximum absolute atomic E-state index is 11.8. The Morgan fingerprint density at radius 3 is 1.13 bits per heavy atom. The molecule has 3 amide bonds. The van der Waals surface area contributed by atoms with Crippen molar-refractivity contribution in [2.45, 2.75) is 88.4 Å². The van der Waals surface area contributed by atoms with Gasteiger partial charge in [0, 0.05) is 193 Å². The minimum Gasteiger partial charge on any atom is -0.367 e. The molecule has 3 fully saturated rings. The largest absolute Gasteiger partial charge is 0.367 e. The highest BCUT2D eigenvalue weighted by Crippen LogP contribution is 2.37. The molecule has 0 unspecified atom stereocenters. The molecule has 27 heteroatoms. The Labute approximate surface area is 605 Å². The molecule has 2 saturated heterocycles. The first-order valence-electron chi connectivity index (χ1n) is 34.0. The van der Waals surface area contributed by atoms with Crippen molar-refractivity contribution in [2.24, 2.45) is 21.1 Å². The van der Waals surface area contributed by atoms with Crippen molar-refractivity contribution in [3.63, 3.8) is 0 Å². The molecule has 2 aliphatic heterocycles. The first-order valence-corrected chi connectivity index (χ1v) is 34.0. The molecule has 1 saturated carbocycles. The molecule has 0 spiro atoms. The second-order valence-electron chi connectivity index (χ2n) is 26.9. The topological polar surface area (TPSA) is 321 Å². The maximum atomic E-state index is 11.8. The number of anilines is 3. The van der Waals surface area contributed by atoms with Crippen molar-refractivity contribution in [3.8, 4) is 122 Å². The van der Waals surface area contributed by atoms with E-state index in [0.29, 0.717) is 42.9 Å². The lowest BCUT2D eigenvalue weighted by atomic mass is 9.80. The molecule has 0 radical (unpaired) electrons. The number of nitrogens with zero attached hydrogens (tertiary/aromatic N) is 20. The Kier molecular flexibility index (Phi) is 19.7. The molecule has 12 aromatic heterocycles. The highest BCUT2D eigenvalue weighted by atomic mass is 16.2. The second-order valence-corrected chi connectivity index (χ2v) is 26.9. The Hall–Kier alpha value is -13.9. The van der Waals surface area contributed by atoms with E-state index in [-0.39, 0.29) is 40.9 Å². The molecular formula is C78H72N24O3. The van der Waals surface area contributed by atoms with Gasteiger partial charge in [0.2, 0.25) is 0 Å². The van der Waals surface area contributed by atoms with Crippen molar-refractivity contribution in [1.82, 2.24) is 88.3 Å². The van der Waals surface area contributed by atoms with Gasteiger partial charge in [0.25, 0.3) is 17.7 Å². The lowest BCUT2D eigenvalue weighted by Crippen LogP contribution is -2.49. The number of aryl methyl sites for hydroxylation is 3. The SMILES string of the molecule is C#CC(=O)N1CCC(C)(Nc2ccc(-c3cc(-c4cnn(C)c4)cn4ncc(C#N)c34)cn2)CC1.C#CC(=O)N1CCC(Nc2ccc(-c3cc(-c4cnn(C)c4)cn4ncc(C#N)c34)cn2)CC1.C#CC(=O)NC1(C)CCC(Nc2ccc(-c3cc(-c4cnn(C)c4)cn4ncc(C#N)c34)cn2)CC1. The van der Waals surface area contributed by atoms with Crippen LogP contribution in [0.5, 0.6) is 0 Å². The molecule has 1 aliphatic carbocycles. The summed E-state index contributed by atoms with van der Waals surface area (Å²) in [5, 5.41) is 68.3. The van der Waals surface area contributed by atoms with Crippen LogP contribution in [-0.2, 0) is 35.5 Å². The number of rotatable bonds is 13. The number of likely N-dealkylation sites (tertiary alicyclic amines) is 2. The number of amides is 3. The van der Waals surface area contributed by atoms with Gasteiger partial charge in [-0.2, -0.15) is 46.4 Å². The van der Waals surface area contributed by atoms with Gasteiger partial charge in [0.15, 0.2) is 0 Å². The first-order chi connectivity index (χ1) is 50.8. The summed E-state index contributed by atoms with van der Waals surface area (Å²) in [6.45, 7) is 6.67. The van der Waals surface area contributed by atoms with E-state index in [2.05, 4.69) is 110 Å². The lowest BCUT2D eigenvalue weighted by Gasteiger charge is -2.39. The minimum absolute atomic E-state index is 0.188. The van der Waals surface area contributed by atoms with Gasteiger partial charge in [-0.1, -0.05) is 0 Å². The lowest BCUT2D eigenvalue weighted by molar-refractivity contribution is -0.127. The predicted octanol–water partition coefficient (Wildman–Crippen LogP) is 9.33. The van der Waals surface area contributed by atoms with Crippen LogP contribution in [0.25, 0.3) is 83.3 Å². The van der Waals surface area contributed by atoms with Crippen molar-refractivity contribution in [1.29, 1.82) is 15.8 Å². The number of hydrogen-bond donors (Lipinski definition) is 4. The highest BCUT2D eigenvalue weighted by molar-refractivity contribution is 5.95. The maximum Gasteiger partial charge on any atom is 0.298 e. The van der Waals surface area contributed by atoms with Crippen LogP contribution in [0.1, 0.15) is 81.9 Å². The molecule has 0 bridgehead atoms. The van der Waals surface area contributed by atoms with Gasteiger partial charge in [0.1, 0.15) is 35.7 Å². The summed E-state index contributed by atoms with van der Waals surface area (Å²) >= 11 is 0. The summed E-state index contributed by atoms with van der Waals surface area (Å²) in [5.41, 5.74) is 14.2. The molecule has 4 N–H and O–H groups in total. The summed E-state index contributed by atoms with van der Waals surface area (Å²) in [4.78, 5) is 52.4. The van der Waals surface area contributed by atoms with Gasteiger partial charge in [-0.15, -0.1) is 19.3 Å². The molecule has 522 valence electrons. The van der Waals surface area contributed by atoms with E-state index in [1.165, 1.54) is 0 Å². The molecule has 3 aliphatic rings. The van der Waals surface area contributed by atoms with Gasteiger partial charge < -0.3 is 31.1 Å². The number of aromatic nitrogens is 15. The van der Waals surface area contributed by atoms with Crippen molar-refractivity contribution in [3.05, 3.63) is 164 Å². The third kappa shape index (κ3) is 15.3. The van der Waals surface area contributed by atoms with E-state index >= 15 is 0 Å². The molecule has 27 nitrogen and oxygen atoms in total. The smallest absolute Gasteiger partial charge is 0.298 e. The molecular weight excluding hydrogens is 1320 g/mol. The van der Waals surface area contributed by atoms with Gasteiger partial charge >= 0.3 is 0 Å². The summed E-state index contributed by atoms with van der Waals surface area (Å²) in [6.07, 6.45) is 49.4. The molecule has 15 rings (SSSR count). The first kappa shape index (κ1) is 69.6.